The lowest BCUT2D eigenvalue weighted by Crippen LogP contribution is -2.46. The largest absolute Gasteiger partial charge is 0.413 e. The standard InChI is InChI=1S/C27H35FN2O4Si/c1-27(2,3)35(4,5)34-20-14-24(25(31)22-15-29-23-13-19(28)11-12-21(22)23)30(16-20)26(32)33-17-18-9-7-6-8-10-18/h6-13,15,20,24,26,29,32H,14,16-17H2,1-5H3/t20?,24-,26?/m0/s1. The highest BCUT2D eigenvalue weighted by atomic mass is 28.4. The van der Waals surface area contributed by atoms with Crippen molar-refractivity contribution >= 4 is 25.0 Å². The lowest BCUT2D eigenvalue weighted by Gasteiger charge is -2.38. The van der Waals surface area contributed by atoms with Gasteiger partial charge in [0.2, 0.25) is 6.41 Å². The van der Waals surface area contributed by atoms with Gasteiger partial charge >= 0.3 is 0 Å². The third-order valence-corrected chi connectivity index (χ3v) is 11.8. The molecule has 1 fully saturated rings. The molecule has 0 amide bonds. The van der Waals surface area contributed by atoms with E-state index in [0.29, 0.717) is 29.4 Å². The average molecular weight is 499 g/mol. The summed E-state index contributed by atoms with van der Waals surface area (Å²) in [4.78, 5) is 18.4. The molecule has 188 valence electrons. The molecule has 8 heteroatoms. The highest BCUT2D eigenvalue weighted by molar-refractivity contribution is 6.74. The van der Waals surface area contributed by atoms with Crippen molar-refractivity contribution in [1.29, 1.82) is 0 Å². The molecule has 2 N–H and O–H groups in total. The fourth-order valence-corrected chi connectivity index (χ4v) is 5.68. The minimum atomic E-state index is -2.09. The smallest absolute Gasteiger partial charge is 0.217 e. The molecule has 1 saturated heterocycles. The van der Waals surface area contributed by atoms with E-state index in [1.807, 2.05) is 30.3 Å². The SMILES string of the molecule is CC(C)(C)[Si](C)(C)OC1C[C@@H](C(=O)c2c[nH]c3cc(F)ccc23)N(C(O)OCc2ccccc2)C1. The second-order valence-corrected chi connectivity index (χ2v) is 15.6. The van der Waals surface area contributed by atoms with Crippen LogP contribution in [0, 0.1) is 5.82 Å². The summed E-state index contributed by atoms with van der Waals surface area (Å²) in [5, 5.41) is 11.7. The first-order valence-electron chi connectivity index (χ1n) is 12.0. The maximum absolute atomic E-state index is 13.7. The maximum atomic E-state index is 13.7. The molecule has 6 nitrogen and oxygen atoms in total. The molecule has 2 heterocycles. The Morgan fingerprint density at radius 1 is 1.23 bits per heavy atom. The fraction of sp³-hybridized carbons (Fsp3) is 0.444. The normalized spacial score (nSPS) is 20.4. The minimum Gasteiger partial charge on any atom is -0.413 e. The van der Waals surface area contributed by atoms with Crippen LogP contribution < -0.4 is 0 Å². The zero-order valence-electron chi connectivity index (χ0n) is 21.0. The molecular formula is C27H35FN2O4Si. The molecule has 3 atom stereocenters. The number of likely N-dealkylation sites (tertiary alicyclic amines) is 1. The van der Waals surface area contributed by atoms with E-state index < -0.39 is 20.8 Å². The number of fused-ring (bicyclic) bond motifs is 1. The summed E-state index contributed by atoms with van der Waals surface area (Å²) in [6.45, 7) is 11.5. The van der Waals surface area contributed by atoms with Crippen molar-refractivity contribution in [3.8, 4) is 0 Å². The van der Waals surface area contributed by atoms with Gasteiger partial charge in [0, 0.05) is 29.2 Å². The number of aliphatic hydroxyl groups is 1. The molecule has 0 saturated carbocycles. The van der Waals surface area contributed by atoms with E-state index >= 15 is 0 Å². The van der Waals surface area contributed by atoms with Gasteiger partial charge in [0.25, 0.3) is 0 Å². The van der Waals surface area contributed by atoms with Crippen LogP contribution in [0.3, 0.4) is 0 Å². The Labute approximate surface area is 207 Å². The number of benzene rings is 2. The third kappa shape index (κ3) is 5.57. The van der Waals surface area contributed by atoms with Gasteiger partial charge in [-0.2, -0.15) is 0 Å². The predicted octanol–water partition coefficient (Wildman–Crippen LogP) is 5.45. The summed E-state index contributed by atoms with van der Waals surface area (Å²) in [6, 6.07) is 13.3. The molecule has 0 aliphatic carbocycles. The summed E-state index contributed by atoms with van der Waals surface area (Å²) in [5.74, 6) is -0.514. The van der Waals surface area contributed by atoms with Crippen LogP contribution in [0.15, 0.2) is 54.7 Å². The number of nitrogens with one attached hydrogen (secondary N) is 1. The average Bonchev–Trinajstić information content (AvgIpc) is 3.40. The first-order valence-corrected chi connectivity index (χ1v) is 14.9. The van der Waals surface area contributed by atoms with Gasteiger partial charge in [-0.25, -0.2) is 9.29 Å². The van der Waals surface area contributed by atoms with Gasteiger partial charge in [-0.15, -0.1) is 0 Å². The summed E-state index contributed by atoms with van der Waals surface area (Å²) in [5.41, 5.74) is 1.97. The number of ketones is 1. The van der Waals surface area contributed by atoms with Crippen LogP contribution in [0.5, 0.6) is 0 Å². The first-order chi connectivity index (χ1) is 16.5. The molecule has 1 aliphatic rings. The highest BCUT2D eigenvalue weighted by Gasteiger charge is 2.46. The monoisotopic (exact) mass is 498 g/mol. The second kappa shape index (κ2) is 9.95. The number of ether oxygens (including phenoxy) is 1. The fourth-order valence-electron chi connectivity index (χ4n) is 4.32. The van der Waals surface area contributed by atoms with Gasteiger partial charge in [0.05, 0.1) is 18.8 Å². The number of hydrogen-bond donors (Lipinski definition) is 2. The van der Waals surface area contributed by atoms with Crippen molar-refractivity contribution in [3.63, 3.8) is 0 Å². The number of carbonyl (C=O) groups excluding carboxylic acids is 1. The lowest BCUT2D eigenvalue weighted by molar-refractivity contribution is -0.201. The van der Waals surface area contributed by atoms with Crippen molar-refractivity contribution in [2.24, 2.45) is 0 Å². The molecule has 0 spiro atoms. The predicted molar refractivity (Wildman–Crippen MR) is 137 cm³/mol. The summed E-state index contributed by atoms with van der Waals surface area (Å²) >= 11 is 0. The Balaban J connectivity index is 1.58. The summed E-state index contributed by atoms with van der Waals surface area (Å²) in [7, 11) is -2.09. The first kappa shape index (κ1) is 25.7. The van der Waals surface area contributed by atoms with Gasteiger partial charge in [0.15, 0.2) is 14.1 Å². The van der Waals surface area contributed by atoms with Crippen molar-refractivity contribution in [3.05, 3.63) is 71.7 Å². The van der Waals surface area contributed by atoms with Gasteiger partial charge in [0.1, 0.15) is 5.82 Å². The van der Waals surface area contributed by atoms with E-state index in [9.17, 15) is 14.3 Å². The zero-order valence-corrected chi connectivity index (χ0v) is 22.0. The van der Waals surface area contributed by atoms with Gasteiger partial charge < -0.3 is 19.3 Å². The number of nitrogens with zero attached hydrogens (tertiary/aromatic N) is 1. The van der Waals surface area contributed by atoms with Gasteiger partial charge in [-0.05, 0) is 48.3 Å². The Hall–Kier alpha value is -2.36. The summed E-state index contributed by atoms with van der Waals surface area (Å²) < 4.78 is 26.1. The number of hydrogen-bond acceptors (Lipinski definition) is 5. The molecule has 2 aromatic carbocycles. The van der Waals surface area contributed by atoms with Crippen LogP contribution in [-0.4, -0.2) is 54.2 Å². The van der Waals surface area contributed by atoms with Crippen LogP contribution in [0.1, 0.15) is 43.1 Å². The van der Waals surface area contributed by atoms with Crippen LogP contribution >= 0.6 is 0 Å². The van der Waals surface area contributed by atoms with Crippen molar-refractivity contribution < 1.29 is 23.5 Å². The third-order valence-electron chi connectivity index (χ3n) is 7.31. The van der Waals surface area contributed by atoms with Crippen LogP contribution in [0.25, 0.3) is 10.9 Å². The van der Waals surface area contributed by atoms with E-state index in [4.69, 9.17) is 9.16 Å². The number of rotatable bonds is 8. The number of Topliss-reactive ketones (excluding diaryl/α,β-unsaturated/α-hetero) is 1. The van der Waals surface area contributed by atoms with Crippen molar-refractivity contribution in [1.82, 2.24) is 9.88 Å². The number of H-pyrrole nitrogens is 1. The van der Waals surface area contributed by atoms with Gasteiger partial charge in [-0.3, -0.25) is 4.79 Å². The summed E-state index contributed by atoms with van der Waals surface area (Å²) in [6.07, 6.45) is 0.594. The van der Waals surface area contributed by atoms with Crippen LogP contribution in [0.2, 0.25) is 18.1 Å². The molecule has 4 rings (SSSR count). The Kier molecular flexibility index (Phi) is 7.31. The number of carbonyl (C=O) groups is 1. The maximum Gasteiger partial charge on any atom is 0.217 e. The Morgan fingerprint density at radius 3 is 2.63 bits per heavy atom. The minimum absolute atomic E-state index is 0.0171. The van der Waals surface area contributed by atoms with Crippen molar-refractivity contribution in [2.75, 3.05) is 6.54 Å². The highest BCUT2D eigenvalue weighted by Crippen LogP contribution is 2.39. The topological polar surface area (TPSA) is 74.8 Å². The second-order valence-electron chi connectivity index (χ2n) is 10.8. The molecule has 1 aliphatic heterocycles. The van der Waals surface area contributed by atoms with Gasteiger partial charge in [-0.1, -0.05) is 51.1 Å². The molecule has 2 unspecified atom stereocenters. The number of halogens is 1. The van der Waals surface area contributed by atoms with E-state index in [2.05, 4.69) is 38.8 Å². The molecule has 3 aromatic rings. The molecular weight excluding hydrogens is 463 g/mol. The van der Waals surface area contributed by atoms with E-state index in [0.717, 1.165) is 5.56 Å². The zero-order chi connectivity index (χ0) is 25.4. The number of aromatic amines is 1. The molecule has 1 aromatic heterocycles. The van der Waals surface area contributed by atoms with Crippen LogP contribution in [-0.2, 0) is 15.8 Å². The molecule has 0 bridgehead atoms. The van der Waals surface area contributed by atoms with E-state index in [1.54, 1.807) is 17.2 Å². The lowest BCUT2D eigenvalue weighted by atomic mass is 10.0. The Morgan fingerprint density at radius 2 is 1.94 bits per heavy atom. The van der Waals surface area contributed by atoms with Crippen molar-refractivity contribution in [2.45, 2.75) is 70.5 Å². The van der Waals surface area contributed by atoms with E-state index in [1.165, 1.54) is 12.1 Å². The van der Waals surface area contributed by atoms with Crippen LogP contribution in [0.4, 0.5) is 4.39 Å². The molecule has 0 radical (unpaired) electrons. The number of aliphatic hydroxyl groups excluding tert-OH is 1. The molecule has 35 heavy (non-hydrogen) atoms. The van der Waals surface area contributed by atoms with E-state index in [-0.39, 0.29) is 29.3 Å². The quantitative estimate of drug-likeness (QED) is 0.246. The Bertz CT molecular complexity index is 1170. The number of aromatic nitrogens is 1.